The summed E-state index contributed by atoms with van der Waals surface area (Å²) in [5.41, 5.74) is 2.76. The molecule has 144 valence electrons. The maximum atomic E-state index is 12.8. The smallest absolute Gasteiger partial charge is 0.349 e. The predicted molar refractivity (Wildman–Crippen MR) is 111 cm³/mol. The van der Waals surface area contributed by atoms with Gasteiger partial charge in [0.2, 0.25) is 0 Å². The van der Waals surface area contributed by atoms with Crippen LogP contribution in [0.5, 0.6) is 0 Å². The number of hydrogen-bond acceptors (Lipinski definition) is 3. The predicted octanol–water partition coefficient (Wildman–Crippen LogP) is 4.59. The summed E-state index contributed by atoms with van der Waals surface area (Å²) in [6.07, 6.45) is 4.18. The molecular weight excluding hydrogens is 350 g/mol. The quantitative estimate of drug-likeness (QED) is 0.627. The van der Waals surface area contributed by atoms with Gasteiger partial charge in [-0.15, -0.1) is 0 Å². The van der Waals surface area contributed by atoms with Crippen LogP contribution >= 0.6 is 0 Å². The van der Waals surface area contributed by atoms with Gasteiger partial charge in [-0.1, -0.05) is 48.0 Å². The molecule has 1 aliphatic heterocycles. The molecule has 1 saturated heterocycles. The normalized spacial score (nSPS) is 15.1. The number of piperidine rings is 1. The van der Waals surface area contributed by atoms with Gasteiger partial charge in [0.05, 0.1) is 0 Å². The number of para-hydroxylation sites is 1. The third-order valence-electron chi connectivity index (χ3n) is 5.74. The standard InChI is InChI=1S/C24H25NO3/c1-17-6-8-18(9-7-17)10-11-19-12-14-25(15-13-19)23(26)21-16-20-4-2-3-5-22(20)28-24(21)27/h2-9,16,19H,10-15H2,1H3. The molecule has 3 aromatic rings. The zero-order chi connectivity index (χ0) is 19.5. The van der Waals surface area contributed by atoms with E-state index in [1.54, 1.807) is 17.0 Å². The monoisotopic (exact) mass is 375 g/mol. The number of nitrogens with zero attached hydrogens (tertiary/aromatic N) is 1. The number of benzene rings is 2. The number of rotatable bonds is 4. The number of carbonyl (C=O) groups excluding carboxylic acids is 1. The molecule has 2 heterocycles. The van der Waals surface area contributed by atoms with Crippen molar-refractivity contribution >= 4 is 16.9 Å². The van der Waals surface area contributed by atoms with Crippen LogP contribution in [0.4, 0.5) is 0 Å². The molecule has 1 aromatic heterocycles. The van der Waals surface area contributed by atoms with Crippen LogP contribution in [0.25, 0.3) is 11.0 Å². The maximum absolute atomic E-state index is 12.8. The van der Waals surface area contributed by atoms with Crippen molar-refractivity contribution in [2.45, 2.75) is 32.6 Å². The highest BCUT2D eigenvalue weighted by Gasteiger charge is 2.25. The van der Waals surface area contributed by atoms with E-state index in [0.717, 1.165) is 31.1 Å². The zero-order valence-corrected chi connectivity index (χ0v) is 16.2. The van der Waals surface area contributed by atoms with E-state index < -0.39 is 5.63 Å². The van der Waals surface area contributed by atoms with Crippen molar-refractivity contribution in [1.82, 2.24) is 4.90 Å². The van der Waals surface area contributed by atoms with Crippen LogP contribution in [-0.2, 0) is 6.42 Å². The fraction of sp³-hybridized carbons (Fsp3) is 0.333. The van der Waals surface area contributed by atoms with E-state index in [9.17, 15) is 9.59 Å². The van der Waals surface area contributed by atoms with Crippen molar-refractivity contribution in [2.75, 3.05) is 13.1 Å². The zero-order valence-electron chi connectivity index (χ0n) is 16.2. The van der Waals surface area contributed by atoms with E-state index in [-0.39, 0.29) is 11.5 Å². The average molecular weight is 375 g/mol. The number of amides is 1. The number of hydrogen-bond donors (Lipinski definition) is 0. The molecule has 1 aliphatic rings. The highest BCUT2D eigenvalue weighted by molar-refractivity contribution is 5.96. The summed E-state index contributed by atoms with van der Waals surface area (Å²) in [6, 6.07) is 17.7. The van der Waals surface area contributed by atoms with Gasteiger partial charge in [0.15, 0.2) is 0 Å². The molecule has 0 spiro atoms. The van der Waals surface area contributed by atoms with E-state index in [2.05, 4.69) is 31.2 Å². The second-order valence-corrected chi connectivity index (χ2v) is 7.75. The molecule has 4 rings (SSSR count). The molecule has 1 fully saturated rings. The van der Waals surface area contributed by atoms with E-state index in [1.807, 2.05) is 18.2 Å². The summed E-state index contributed by atoms with van der Waals surface area (Å²) in [7, 11) is 0. The Morgan fingerprint density at radius 1 is 1.07 bits per heavy atom. The second-order valence-electron chi connectivity index (χ2n) is 7.75. The molecule has 0 radical (unpaired) electrons. The van der Waals surface area contributed by atoms with Crippen LogP contribution in [0.15, 0.2) is 63.8 Å². The lowest BCUT2D eigenvalue weighted by atomic mass is 9.90. The van der Waals surface area contributed by atoms with Gasteiger partial charge < -0.3 is 9.32 Å². The molecule has 0 atom stereocenters. The van der Waals surface area contributed by atoms with Crippen LogP contribution < -0.4 is 5.63 Å². The fourth-order valence-electron chi connectivity index (χ4n) is 3.93. The summed E-state index contributed by atoms with van der Waals surface area (Å²) in [5, 5.41) is 0.776. The highest BCUT2D eigenvalue weighted by Crippen LogP contribution is 2.24. The summed E-state index contributed by atoms with van der Waals surface area (Å²) in [5.74, 6) is 0.412. The van der Waals surface area contributed by atoms with Gasteiger partial charge >= 0.3 is 5.63 Å². The number of carbonyl (C=O) groups is 1. The van der Waals surface area contributed by atoms with E-state index >= 15 is 0 Å². The summed E-state index contributed by atoms with van der Waals surface area (Å²) in [6.45, 7) is 3.50. The first kappa shape index (κ1) is 18.5. The minimum absolute atomic E-state index is 0.136. The maximum Gasteiger partial charge on any atom is 0.349 e. The van der Waals surface area contributed by atoms with Crippen LogP contribution in [0, 0.1) is 12.8 Å². The van der Waals surface area contributed by atoms with Gasteiger partial charge in [0.25, 0.3) is 5.91 Å². The lowest BCUT2D eigenvalue weighted by Crippen LogP contribution is -2.40. The van der Waals surface area contributed by atoms with Gasteiger partial charge in [-0.2, -0.15) is 0 Å². The molecule has 1 amide bonds. The van der Waals surface area contributed by atoms with E-state index in [1.165, 1.54) is 11.1 Å². The lowest BCUT2D eigenvalue weighted by molar-refractivity contribution is 0.0683. The second kappa shape index (κ2) is 8.01. The van der Waals surface area contributed by atoms with Gasteiger partial charge in [0.1, 0.15) is 11.1 Å². The largest absolute Gasteiger partial charge is 0.422 e. The fourth-order valence-corrected chi connectivity index (χ4v) is 3.93. The Kier molecular flexibility index (Phi) is 5.29. The minimum Gasteiger partial charge on any atom is -0.422 e. The van der Waals surface area contributed by atoms with Crippen molar-refractivity contribution in [3.63, 3.8) is 0 Å². The Morgan fingerprint density at radius 2 is 1.79 bits per heavy atom. The Labute approximate surface area is 164 Å². The summed E-state index contributed by atoms with van der Waals surface area (Å²) >= 11 is 0. The van der Waals surface area contributed by atoms with Gasteiger partial charge in [0, 0.05) is 18.5 Å². The first-order valence-corrected chi connectivity index (χ1v) is 9.98. The van der Waals surface area contributed by atoms with Gasteiger partial charge in [-0.25, -0.2) is 4.79 Å². The molecular formula is C24H25NO3. The highest BCUT2D eigenvalue weighted by atomic mass is 16.4. The summed E-state index contributed by atoms with van der Waals surface area (Å²) in [4.78, 5) is 26.9. The Balaban J connectivity index is 1.37. The Bertz CT molecular complexity index is 1030. The molecule has 2 aromatic carbocycles. The molecule has 28 heavy (non-hydrogen) atoms. The average Bonchev–Trinajstić information content (AvgIpc) is 2.73. The topological polar surface area (TPSA) is 50.5 Å². The van der Waals surface area contributed by atoms with E-state index in [0.29, 0.717) is 24.6 Å². The Hall–Kier alpha value is -2.88. The first-order valence-electron chi connectivity index (χ1n) is 9.98. The third-order valence-corrected chi connectivity index (χ3v) is 5.74. The summed E-state index contributed by atoms with van der Waals surface area (Å²) < 4.78 is 5.32. The molecule has 0 saturated carbocycles. The molecule has 0 bridgehead atoms. The van der Waals surface area contributed by atoms with E-state index in [4.69, 9.17) is 4.42 Å². The third kappa shape index (κ3) is 4.01. The first-order chi connectivity index (χ1) is 13.6. The number of fused-ring (bicyclic) bond motifs is 1. The lowest BCUT2D eigenvalue weighted by Gasteiger charge is -2.32. The van der Waals surface area contributed by atoms with Crippen LogP contribution in [0.1, 0.15) is 40.7 Å². The van der Waals surface area contributed by atoms with Crippen LogP contribution in [0.3, 0.4) is 0 Å². The number of likely N-dealkylation sites (tertiary alicyclic amines) is 1. The Morgan fingerprint density at radius 3 is 2.54 bits per heavy atom. The SMILES string of the molecule is Cc1ccc(CCC2CCN(C(=O)c3cc4ccccc4oc3=O)CC2)cc1. The van der Waals surface area contributed by atoms with Crippen molar-refractivity contribution in [3.05, 3.63) is 81.7 Å². The van der Waals surface area contributed by atoms with Crippen LogP contribution in [0.2, 0.25) is 0 Å². The molecule has 4 nitrogen and oxygen atoms in total. The van der Waals surface area contributed by atoms with Crippen molar-refractivity contribution in [2.24, 2.45) is 5.92 Å². The van der Waals surface area contributed by atoms with Crippen molar-refractivity contribution in [1.29, 1.82) is 0 Å². The van der Waals surface area contributed by atoms with Crippen molar-refractivity contribution in [3.8, 4) is 0 Å². The molecule has 0 unspecified atom stereocenters. The van der Waals surface area contributed by atoms with Crippen molar-refractivity contribution < 1.29 is 9.21 Å². The van der Waals surface area contributed by atoms with Gasteiger partial charge in [-0.05, 0) is 56.2 Å². The number of aryl methyl sites for hydroxylation is 2. The van der Waals surface area contributed by atoms with Crippen LogP contribution in [-0.4, -0.2) is 23.9 Å². The van der Waals surface area contributed by atoms with Gasteiger partial charge in [-0.3, -0.25) is 4.79 Å². The minimum atomic E-state index is -0.551. The molecule has 0 N–H and O–H groups in total. The molecule has 4 heteroatoms. The molecule has 0 aliphatic carbocycles.